The van der Waals surface area contributed by atoms with Crippen LogP contribution in [0.3, 0.4) is 0 Å². The van der Waals surface area contributed by atoms with Crippen LogP contribution in [0.5, 0.6) is 5.75 Å². The molecule has 0 radical (unpaired) electrons. The van der Waals surface area contributed by atoms with Gasteiger partial charge in [-0.25, -0.2) is 4.68 Å². The van der Waals surface area contributed by atoms with Crippen molar-refractivity contribution < 1.29 is 4.74 Å². The summed E-state index contributed by atoms with van der Waals surface area (Å²) in [5, 5.41) is 10.1. The van der Waals surface area contributed by atoms with Gasteiger partial charge in [-0.05, 0) is 35.2 Å². The summed E-state index contributed by atoms with van der Waals surface area (Å²) in [5.74, 6) is 1.58. The summed E-state index contributed by atoms with van der Waals surface area (Å²) in [5.41, 5.74) is 4.24. The van der Waals surface area contributed by atoms with Gasteiger partial charge in [-0.1, -0.05) is 24.3 Å². The number of rotatable bonds is 2. The molecule has 4 aromatic rings. The van der Waals surface area contributed by atoms with Crippen molar-refractivity contribution in [1.29, 1.82) is 0 Å². The number of fused-ring (bicyclic) bond motifs is 3. The molecule has 0 spiro atoms. The minimum atomic E-state index is -0.208. The van der Waals surface area contributed by atoms with Crippen molar-refractivity contribution in [2.24, 2.45) is 0 Å². The summed E-state index contributed by atoms with van der Waals surface area (Å²) in [6.07, 6.45) is 5.04. The molecule has 0 saturated carbocycles. The van der Waals surface area contributed by atoms with Crippen LogP contribution in [0.4, 0.5) is 5.95 Å². The molecular formula is C21H15N5OS. The normalized spacial score (nSPS) is 19.9. The van der Waals surface area contributed by atoms with E-state index in [1.165, 1.54) is 0 Å². The standard InChI is InChI=1S/C21H15N5OS/c1-2-7-15-14(6-1)18-17(20(27-15)16-8-4-10-28-16)19(13-5-3-9-22-11-13)26-21(25-18)23-12-24-26/h1-12,19-20H,(H,23,24,25)/t19-,20-/m0/s1. The van der Waals surface area contributed by atoms with Crippen molar-refractivity contribution >= 4 is 23.0 Å². The molecule has 6 nitrogen and oxygen atoms in total. The summed E-state index contributed by atoms with van der Waals surface area (Å²) in [4.78, 5) is 9.93. The van der Waals surface area contributed by atoms with Crippen LogP contribution >= 0.6 is 11.3 Å². The van der Waals surface area contributed by atoms with E-state index in [2.05, 4.69) is 50.0 Å². The number of para-hydroxylation sites is 1. The molecule has 28 heavy (non-hydrogen) atoms. The highest BCUT2D eigenvalue weighted by atomic mass is 32.1. The average molecular weight is 385 g/mol. The van der Waals surface area contributed by atoms with Crippen molar-refractivity contribution in [3.63, 3.8) is 0 Å². The van der Waals surface area contributed by atoms with E-state index in [9.17, 15) is 0 Å². The van der Waals surface area contributed by atoms with Gasteiger partial charge in [0.2, 0.25) is 5.95 Å². The molecule has 0 fully saturated rings. The van der Waals surface area contributed by atoms with Crippen LogP contribution in [0.2, 0.25) is 0 Å². The highest BCUT2D eigenvalue weighted by molar-refractivity contribution is 7.10. The molecule has 1 N–H and O–H groups in total. The maximum Gasteiger partial charge on any atom is 0.226 e. The molecule has 2 aliphatic rings. The van der Waals surface area contributed by atoms with Gasteiger partial charge in [0, 0.05) is 28.4 Å². The number of aromatic nitrogens is 4. The van der Waals surface area contributed by atoms with Crippen LogP contribution in [0.15, 0.2) is 78.2 Å². The van der Waals surface area contributed by atoms with Gasteiger partial charge >= 0.3 is 0 Å². The van der Waals surface area contributed by atoms with Crippen LogP contribution in [-0.2, 0) is 0 Å². The molecule has 0 bridgehead atoms. The predicted molar refractivity (Wildman–Crippen MR) is 107 cm³/mol. The summed E-state index contributed by atoms with van der Waals surface area (Å²) in [6.45, 7) is 0. The Labute approximate surface area is 165 Å². The van der Waals surface area contributed by atoms with E-state index in [0.717, 1.165) is 33.0 Å². The first kappa shape index (κ1) is 15.6. The second-order valence-corrected chi connectivity index (χ2v) is 7.66. The van der Waals surface area contributed by atoms with Crippen LogP contribution in [0.25, 0.3) is 5.70 Å². The summed E-state index contributed by atoms with van der Waals surface area (Å²) < 4.78 is 8.43. The fourth-order valence-corrected chi connectivity index (χ4v) is 4.72. The lowest BCUT2D eigenvalue weighted by molar-refractivity contribution is 0.226. The molecule has 0 aliphatic carbocycles. The first-order valence-corrected chi connectivity index (χ1v) is 9.88. The van der Waals surface area contributed by atoms with Crippen LogP contribution in [-0.4, -0.2) is 19.7 Å². The molecule has 0 unspecified atom stereocenters. The van der Waals surface area contributed by atoms with Crippen molar-refractivity contribution in [3.8, 4) is 5.75 Å². The topological polar surface area (TPSA) is 64.9 Å². The van der Waals surface area contributed by atoms with Gasteiger partial charge < -0.3 is 10.1 Å². The smallest absolute Gasteiger partial charge is 0.226 e. The number of benzene rings is 1. The summed E-state index contributed by atoms with van der Waals surface area (Å²) >= 11 is 1.69. The number of nitrogens with zero attached hydrogens (tertiary/aromatic N) is 4. The molecule has 0 saturated heterocycles. The Morgan fingerprint density at radius 3 is 2.89 bits per heavy atom. The number of hydrogen-bond acceptors (Lipinski definition) is 6. The molecule has 6 rings (SSSR count). The molecule has 3 aromatic heterocycles. The van der Waals surface area contributed by atoms with Crippen molar-refractivity contribution in [2.75, 3.05) is 5.32 Å². The molecule has 2 atom stereocenters. The third kappa shape index (κ3) is 2.23. The summed E-state index contributed by atoms with van der Waals surface area (Å²) in [7, 11) is 0. The van der Waals surface area contributed by atoms with Gasteiger partial charge in [-0.3, -0.25) is 4.98 Å². The fraction of sp³-hybridized carbons (Fsp3) is 0.0952. The monoisotopic (exact) mass is 385 g/mol. The molecule has 2 aliphatic heterocycles. The highest BCUT2D eigenvalue weighted by Gasteiger charge is 2.41. The van der Waals surface area contributed by atoms with Gasteiger partial charge in [0.05, 0.1) is 5.70 Å². The van der Waals surface area contributed by atoms with E-state index in [1.807, 2.05) is 35.1 Å². The number of hydrogen-bond donors (Lipinski definition) is 1. The maximum absolute atomic E-state index is 6.52. The van der Waals surface area contributed by atoms with Crippen molar-refractivity contribution in [3.05, 3.63) is 94.2 Å². The number of anilines is 1. The van der Waals surface area contributed by atoms with E-state index in [-0.39, 0.29) is 12.1 Å². The molecule has 136 valence electrons. The van der Waals surface area contributed by atoms with Gasteiger partial charge in [0.1, 0.15) is 18.1 Å². The molecule has 0 amide bonds. The zero-order valence-electron chi connectivity index (χ0n) is 14.7. The zero-order valence-corrected chi connectivity index (χ0v) is 15.5. The Kier molecular flexibility index (Phi) is 3.36. The maximum atomic E-state index is 6.52. The average Bonchev–Trinajstić information content (AvgIpc) is 3.44. The SMILES string of the molecule is c1cncc([C@H]2C3=C(Nc4ncnn42)c2ccccc2O[C@H]3c2cccs2)c1. The van der Waals surface area contributed by atoms with E-state index in [1.54, 1.807) is 23.9 Å². The van der Waals surface area contributed by atoms with Crippen molar-refractivity contribution in [1.82, 2.24) is 19.7 Å². The van der Waals surface area contributed by atoms with E-state index in [4.69, 9.17) is 4.74 Å². The lowest BCUT2D eigenvalue weighted by Crippen LogP contribution is -2.32. The summed E-state index contributed by atoms with van der Waals surface area (Å²) in [6, 6.07) is 16.2. The zero-order chi connectivity index (χ0) is 18.5. The van der Waals surface area contributed by atoms with Gasteiger partial charge in [-0.2, -0.15) is 10.1 Å². The van der Waals surface area contributed by atoms with Gasteiger partial charge in [0.15, 0.2) is 6.10 Å². The molecule has 7 heteroatoms. The predicted octanol–water partition coefficient (Wildman–Crippen LogP) is 4.29. The number of thiophene rings is 1. The van der Waals surface area contributed by atoms with Crippen LogP contribution in [0.1, 0.15) is 28.1 Å². The minimum absolute atomic E-state index is 0.150. The van der Waals surface area contributed by atoms with Crippen LogP contribution in [0, 0.1) is 0 Å². The Morgan fingerprint density at radius 1 is 1.07 bits per heavy atom. The van der Waals surface area contributed by atoms with Crippen molar-refractivity contribution in [2.45, 2.75) is 12.1 Å². The number of nitrogens with one attached hydrogen (secondary N) is 1. The Balaban J connectivity index is 1.65. The molecular weight excluding hydrogens is 370 g/mol. The quantitative estimate of drug-likeness (QED) is 0.557. The Morgan fingerprint density at radius 2 is 2.04 bits per heavy atom. The van der Waals surface area contributed by atoms with E-state index >= 15 is 0 Å². The highest BCUT2D eigenvalue weighted by Crippen LogP contribution is 2.50. The third-order valence-electron chi connectivity index (χ3n) is 5.12. The fourth-order valence-electron chi connectivity index (χ4n) is 3.95. The first-order valence-electron chi connectivity index (χ1n) is 9.00. The second kappa shape index (κ2) is 6.03. The minimum Gasteiger partial charge on any atom is -0.480 e. The van der Waals surface area contributed by atoms with Gasteiger partial charge in [0.25, 0.3) is 0 Å². The van der Waals surface area contributed by atoms with E-state index < -0.39 is 0 Å². The largest absolute Gasteiger partial charge is 0.480 e. The molecule has 5 heterocycles. The van der Waals surface area contributed by atoms with E-state index in [0.29, 0.717) is 5.95 Å². The van der Waals surface area contributed by atoms with Gasteiger partial charge in [-0.15, -0.1) is 11.3 Å². The number of ether oxygens (including phenoxy) is 1. The lowest BCUT2D eigenvalue weighted by Gasteiger charge is -2.38. The number of pyridine rings is 1. The van der Waals surface area contributed by atoms with Crippen LogP contribution < -0.4 is 10.1 Å². The third-order valence-corrected chi connectivity index (χ3v) is 6.04. The Hall–Kier alpha value is -3.45. The lowest BCUT2D eigenvalue weighted by atomic mass is 9.87. The molecule has 1 aromatic carbocycles. The second-order valence-electron chi connectivity index (χ2n) is 6.68. The Bertz CT molecular complexity index is 1180. The first-order chi connectivity index (χ1) is 13.9.